The molecule has 0 amide bonds. The number of allylic oxidation sites excluding steroid dienone is 3. The molecule has 0 saturated heterocycles. The molecule has 6 heteroatoms. The van der Waals surface area contributed by atoms with Crippen LogP contribution in [0.25, 0.3) is 0 Å². The zero-order chi connectivity index (χ0) is 21.1. The lowest BCUT2D eigenvalue weighted by atomic mass is 9.77. The standard InChI is InChI=1S/C24H22N2O4/c1-28-21-12-16(10-11-19(21)29-14-15-6-3-2-4-7-15)22-17(13-25)24(26)30-20-9-5-8-18(27)23(20)22/h2-4,6-7,10-12,22H,5,8-9,14,26H2,1H3/t22-/m0/s1. The minimum absolute atomic E-state index is 0.00938. The molecule has 0 bridgehead atoms. The molecule has 2 aromatic carbocycles. The molecule has 0 spiro atoms. The van der Waals surface area contributed by atoms with Gasteiger partial charge in [-0.25, -0.2) is 0 Å². The van der Waals surface area contributed by atoms with Gasteiger partial charge in [-0.15, -0.1) is 0 Å². The fourth-order valence-corrected chi connectivity index (χ4v) is 3.91. The molecule has 1 heterocycles. The van der Waals surface area contributed by atoms with Gasteiger partial charge >= 0.3 is 0 Å². The highest BCUT2D eigenvalue weighted by Gasteiger charge is 2.38. The molecule has 6 nitrogen and oxygen atoms in total. The molecular weight excluding hydrogens is 380 g/mol. The van der Waals surface area contributed by atoms with E-state index in [4.69, 9.17) is 19.9 Å². The number of nitrogens with two attached hydrogens (primary N) is 1. The van der Waals surface area contributed by atoms with Crippen LogP contribution in [0.2, 0.25) is 0 Å². The fourth-order valence-electron chi connectivity index (χ4n) is 3.91. The summed E-state index contributed by atoms with van der Waals surface area (Å²) in [5, 5.41) is 9.70. The quantitative estimate of drug-likeness (QED) is 0.809. The van der Waals surface area contributed by atoms with Crippen molar-refractivity contribution >= 4 is 5.78 Å². The SMILES string of the molecule is COc1cc([C@H]2C(C#N)=C(N)OC3=C2C(=O)CCC3)ccc1OCc1ccccc1. The van der Waals surface area contributed by atoms with E-state index in [2.05, 4.69) is 6.07 Å². The Labute approximate surface area is 175 Å². The van der Waals surface area contributed by atoms with Crippen LogP contribution in [0.1, 0.15) is 36.3 Å². The molecule has 30 heavy (non-hydrogen) atoms. The van der Waals surface area contributed by atoms with Crippen LogP contribution in [-0.4, -0.2) is 12.9 Å². The molecule has 0 aromatic heterocycles. The Balaban J connectivity index is 1.69. The van der Waals surface area contributed by atoms with E-state index in [-0.39, 0.29) is 17.2 Å². The number of nitriles is 1. The second-order valence-electron chi connectivity index (χ2n) is 7.22. The van der Waals surface area contributed by atoms with Crippen LogP contribution in [-0.2, 0) is 16.1 Å². The lowest BCUT2D eigenvalue weighted by Crippen LogP contribution is -2.27. The molecule has 0 unspecified atom stereocenters. The first-order valence-corrected chi connectivity index (χ1v) is 9.81. The van der Waals surface area contributed by atoms with E-state index < -0.39 is 5.92 Å². The van der Waals surface area contributed by atoms with Gasteiger partial charge in [0.15, 0.2) is 17.3 Å². The van der Waals surface area contributed by atoms with Gasteiger partial charge in [0.2, 0.25) is 5.88 Å². The lowest BCUT2D eigenvalue weighted by Gasteiger charge is -2.31. The van der Waals surface area contributed by atoms with Crippen LogP contribution in [0, 0.1) is 11.3 Å². The van der Waals surface area contributed by atoms with Crippen LogP contribution in [0.5, 0.6) is 11.5 Å². The van der Waals surface area contributed by atoms with E-state index >= 15 is 0 Å². The summed E-state index contributed by atoms with van der Waals surface area (Å²) in [7, 11) is 1.56. The van der Waals surface area contributed by atoms with Gasteiger partial charge in [0, 0.05) is 18.4 Å². The van der Waals surface area contributed by atoms with E-state index in [1.807, 2.05) is 36.4 Å². The van der Waals surface area contributed by atoms with Gasteiger partial charge in [0.25, 0.3) is 0 Å². The molecule has 0 saturated carbocycles. The maximum Gasteiger partial charge on any atom is 0.205 e. The number of benzene rings is 2. The van der Waals surface area contributed by atoms with Crippen LogP contribution in [0.15, 0.2) is 71.3 Å². The first-order chi connectivity index (χ1) is 14.6. The molecule has 1 aliphatic carbocycles. The van der Waals surface area contributed by atoms with E-state index in [0.717, 1.165) is 17.5 Å². The molecule has 0 radical (unpaired) electrons. The van der Waals surface area contributed by atoms with Crippen LogP contribution < -0.4 is 15.2 Å². The Hall–Kier alpha value is -3.72. The molecular formula is C24H22N2O4. The third kappa shape index (κ3) is 3.62. The van der Waals surface area contributed by atoms with Gasteiger partial charge in [-0.1, -0.05) is 36.4 Å². The lowest BCUT2D eigenvalue weighted by molar-refractivity contribution is -0.116. The Bertz CT molecular complexity index is 1080. The van der Waals surface area contributed by atoms with Gasteiger partial charge in [-0.3, -0.25) is 4.79 Å². The predicted molar refractivity (Wildman–Crippen MR) is 110 cm³/mol. The predicted octanol–water partition coefficient (Wildman–Crippen LogP) is 4.09. The number of carbonyl (C=O) groups excluding carboxylic acids is 1. The molecule has 1 atom stereocenters. The van der Waals surface area contributed by atoms with Crippen LogP contribution in [0.3, 0.4) is 0 Å². The summed E-state index contributed by atoms with van der Waals surface area (Å²) >= 11 is 0. The zero-order valence-corrected chi connectivity index (χ0v) is 16.7. The van der Waals surface area contributed by atoms with Gasteiger partial charge < -0.3 is 19.9 Å². The van der Waals surface area contributed by atoms with Gasteiger partial charge in [0.1, 0.15) is 24.0 Å². The van der Waals surface area contributed by atoms with Crippen LogP contribution >= 0.6 is 0 Å². The Morgan fingerprint density at radius 2 is 1.97 bits per heavy atom. The maximum atomic E-state index is 12.7. The summed E-state index contributed by atoms with van der Waals surface area (Å²) in [4.78, 5) is 12.7. The third-order valence-electron chi connectivity index (χ3n) is 5.36. The average molecular weight is 402 g/mol. The normalized spacial score (nSPS) is 18.4. The molecule has 4 rings (SSSR count). The number of hydrogen-bond donors (Lipinski definition) is 1. The van der Waals surface area contributed by atoms with E-state index in [9.17, 15) is 10.1 Å². The Kier molecular flexibility index (Phi) is 5.44. The Morgan fingerprint density at radius 1 is 1.17 bits per heavy atom. The monoisotopic (exact) mass is 402 g/mol. The van der Waals surface area contributed by atoms with Gasteiger partial charge in [-0.05, 0) is 29.7 Å². The number of ketones is 1. The number of ether oxygens (including phenoxy) is 3. The molecule has 152 valence electrons. The smallest absolute Gasteiger partial charge is 0.205 e. The summed E-state index contributed by atoms with van der Waals surface area (Å²) in [5.41, 5.74) is 8.56. The van der Waals surface area contributed by atoms with Crippen molar-refractivity contribution in [2.24, 2.45) is 5.73 Å². The van der Waals surface area contributed by atoms with Crippen molar-refractivity contribution in [3.63, 3.8) is 0 Å². The molecule has 2 N–H and O–H groups in total. The zero-order valence-electron chi connectivity index (χ0n) is 16.7. The Morgan fingerprint density at radius 3 is 2.70 bits per heavy atom. The molecule has 0 fully saturated rings. The van der Waals surface area contributed by atoms with E-state index in [1.165, 1.54) is 0 Å². The highest BCUT2D eigenvalue weighted by molar-refractivity contribution is 5.99. The number of methoxy groups -OCH3 is 1. The van der Waals surface area contributed by atoms with Crippen molar-refractivity contribution in [1.82, 2.24) is 0 Å². The maximum absolute atomic E-state index is 12.7. The number of hydrogen-bond acceptors (Lipinski definition) is 6. The third-order valence-corrected chi connectivity index (χ3v) is 5.36. The summed E-state index contributed by atoms with van der Waals surface area (Å²) in [6.07, 6.45) is 1.79. The number of carbonyl (C=O) groups is 1. The van der Waals surface area contributed by atoms with E-state index in [1.54, 1.807) is 19.2 Å². The molecule has 1 aliphatic heterocycles. The first-order valence-electron chi connectivity index (χ1n) is 9.81. The van der Waals surface area contributed by atoms with Crippen LogP contribution in [0.4, 0.5) is 0 Å². The van der Waals surface area contributed by atoms with Gasteiger partial charge in [-0.2, -0.15) is 5.26 Å². The summed E-state index contributed by atoms with van der Waals surface area (Å²) in [6, 6.07) is 17.4. The van der Waals surface area contributed by atoms with Crippen molar-refractivity contribution in [1.29, 1.82) is 5.26 Å². The minimum Gasteiger partial charge on any atom is -0.493 e. The average Bonchev–Trinajstić information content (AvgIpc) is 2.77. The van der Waals surface area contributed by atoms with Crippen molar-refractivity contribution in [2.75, 3.05) is 7.11 Å². The first kappa shape index (κ1) is 19.6. The molecule has 2 aromatic rings. The topological polar surface area (TPSA) is 94.6 Å². The number of rotatable bonds is 5. The summed E-state index contributed by atoms with van der Waals surface area (Å²) in [5.74, 6) is 1.15. The highest BCUT2D eigenvalue weighted by Crippen LogP contribution is 2.45. The summed E-state index contributed by atoms with van der Waals surface area (Å²) < 4.78 is 17.1. The van der Waals surface area contributed by atoms with E-state index in [0.29, 0.717) is 42.3 Å². The largest absolute Gasteiger partial charge is 0.493 e. The fraction of sp³-hybridized carbons (Fsp3) is 0.250. The second kappa shape index (κ2) is 8.34. The second-order valence-corrected chi connectivity index (χ2v) is 7.22. The van der Waals surface area contributed by atoms with Crippen molar-refractivity contribution in [2.45, 2.75) is 31.8 Å². The van der Waals surface area contributed by atoms with Crippen molar-refractivity contribution < 1.29 is 19.0 Å². The van der Waals surface area contributed by atoms with Crippen molar-refractivity contribution in [3.05, 3.63) is 82.4 Å². The van der Waals surface area contributed by atoms with Gasteiger partial charge in [0.05, 0.1) is 13.0 Å². The minimum atomic E-state index is -0.566. The number of nitrogens with zero attached hydrogens (tertiary/aromatic N) is 1. The molecule has 2 aliphatic rings. The number of Topliss-reactive ketones (excluding diaryl/α,β-unsaturated/α-hetero) is 1. The van der Waals surface area contributed by atoms with Crippen molar-refractivity contribution in [3.8, 4) is 17.6 Å². The highest BCUT2D eigenvalue weighted by atomic mass is 16.5. The summed E-state index contributed by atoms with van der Waals surface area (Å²) in [6.45, 7) is 0.401.